The van der Waals surface area contributed by atoms with Crippen LogP contribution in [0.25, 0.3) is 0 Å². The molecule has 0 fully saturated rings. The average Bonchev–Trinajstić information content (AvgIpc) is 2.52. The highest BCUT2D eigenvalue weighted by Gasteiger charge is 2.12. The van der Waals surface area contributed by atoms with Crippen molar-refractivity contribution in [3.63, 3.8) is 0 Å². The molecule has 0 radical (unpaired) electrons. The fourth-order valence-electron chi connectivity index (χ4n) is 0.969. The van der Waals surface area contributed by atoms with E-state index in [1.807, 2.05) is 0 Å². The number of methoxy groups -OCH3 is 1. The zero-order chi connectivity index (χ0) is 9.68. The first-order chi connectivity index (χ1) is 6.24. The maximum absolute atomic E-state index is 5.74. The minimum Gasteiger partial charge on any atom is -0.385 e. The topological polar surface area (TPSA) is 100 Å². The van der Waals surface area contributed by atoms with Gasteiger partial charge in [0.1, 0.15) is 0 Å². The summed E-state index contributed by atoms with van der Waals surface area (Å²) in [6.45, 7) is 0.678. The summed E-state index contributed by atoms with van der Waals surface area (Å²) in [5.41, 5.74) is 11.0. The fourth-order valence-corrected chi connectivity index (χ4v) is 0.969. The van der Waals surface area contributed by atoms with Crippen molar-refractivity contribution in [3.05, 3.63) is 5.89 Å². The second-order valence-corrected chi connectivity index (χ2v) is 2.73. The van der Waals surface area contributed by atoms with Crippen molar-refractivity contribution in [2.75, 3.05) is 19.5 Å². The van der Waals surface area contributed by atoms with Crippen LogP contribution in [0.5, 0.6) is 0 Å². The van der Waals surface area contributed by atoms with E-state index in [9.17, 15) is 0 Å². The summed E-state index contributed by atoms with van der Waals surface area (Å²) in [7, 11) is 1.65. The predicted octanol–water partition coefficient (Wildman–Crippen LogP) is 0.0782. The monoisotopic (exact) mass is 186 g/mol. The molecule has 0 aliphatic rings. The molecule has 1 unspecified atom stereocenters. The van der Waals surface area contributed by atoms with Gasteiger partial charge in [-0.15, -0.1) is 0 Å². The average molecular weight is 186 g/mol. The molecule has 0 saturated carbocycles. The zero-order valence-electron chi connectivity index (χ0n) is 7.56. The summed E-state index contributed by atoms with van der Waals surface area (Å²) in [6.07, 6.45) is 1.61. The van der Waals surface area contributed by atoms with Gasteiger partial charge >= 0.3 is 0 Å². The number of hydrogen-bond donors (Lipinski definition) is 2. The van der Waals surface area contributed by atoms with Crippen LogP contribution < -0.4 is 11.5 Å². The molecule has 74 valence electrons. The molecule has 1 aromatic heterocycles. The molecule has 0 aromatic carbocycles. The van der Waals surface area contributed by atoms with Gasteiger partial charge in [-0.05, 0) is 18.0 Å². The highest BCUT2D eigenvalue weighted by atomic mass is 16.5. The van der Waals surface area contributed by atoms with Crippen LogP contribution in [-0.4, -0.2) is 23.9 Å². The molecule has 1 rings (SSSR count). The van der Waals surface area contributed by atoms with Gasteiger partial charge in [-0.2, -0.15) is 4.98 Å². The van der Waals surface area contributed by atoms with Crippen molar-refractivity contribution in [2.45, 2.75) is 18.9 Å². The SMILES string of the molecule is COCCCC(N)c1nc(N)no1. The molecule has 0 aliphatic heterocycles. The number of nitrogens with two attached hydrogens (primary N) is 2. The summed E-state index contributed by atoms with van der Waals surface area (Å²) in [5, 5.41) is 3.45. The van der Waals surface area contributed by atoms with E-state index in [4.69, 9.17) is 20.7 Å². The Morgan fingerprint density at radius 1 is 1.62 bits per heavy atom. The van der Waals surface area contributed by atoms with E-state index in [1.165, 1.54) is 0 Å². The van der Waals surface area contributed by atoms with E-state index in [0.29, 0.717) is 12.5 Å². The molecule has 1 heterocycles. The van der Waals surface area contributed by atoms with Gasteiger partial charge < -0.3 is 20.7 Å². The summed E-state index contributed by atoms with van der Waals surface area (Å²) >= 11 is 0. The standard InChI is InChI=1S/C7H14N4O2/c1-12-4-2-3-5(8)6-10-7(9)11-13-6/h5H,2-4,8H2,1H3,(H2,9,11). The van der Waals surface area contributed by atoms with Crippen molar-refractivity contribution in [1.29, 1.82) is 0 Å². The van der Waals surface area contributed by atoms with Crippen LogP contribution in [0, 0.1) is 0 Å². The van der Waals surface area contributed by atoms with Gasteiger partial charge in [0, 0.05) is 13.7 Å². The number of anilines is 1. The lowest BCUT2D eigenvalue weighted by atomic mass is 10.2. The number of hydrogen-bond acceptors (Lipinski definition) is 6. The Labute approximate surface area is 76.2 Å². The van der Waals surface area contributed by atoms with Crippen molar-refractivity contribution < 1.29 is 9.26 Å². The van der Waals surface area contributed by atoms with E-state index >= 15 is 0 Å². The molecular formula is C7H14N4O2. The van der Waals surface area contributed by atoms with Crippen molar-refractivity contribution in [1.82, 2.24) is 10.1 Å². The van der Waals surface area contributed by atoms with E-state index in [0.717, 1.165) is 12.8 Å². The molecule has 0 saturated heterocycles. The Kier molecular flexibility index (Phi) is 3.66. The van der Waals surface area contributed by atoms with Gasteiger partial charge in [-0.3, -0.25) is 0 Å². The van der Waals surface area contributed by atoms with Crippen LogP contribution in [0.3, 0.4) is 0 Å². The lowest BCUT2D eigenvalue weighted by molar-refractivity contribution is 0.188. The molecule has 1 aromatic rings. The largest absolute Gasteiger partial charge is 0.385 e. The second kappa shape index (κ2) is 4.78. The van der Waals surface area contributed by atoms with Crippen LogP contribution in [0.2, 0.25) is 0 Å². The Hall–Kier alpha value is -1.14. The third kappa shape index (κ3) is 3.00. The van der Waals surface area contributed by atoms with E-state index < -0.39 is 0 Å². The Morgan fingerprint density at radius 2 is 2.38 bits per heavy atom. The predicted molar refractivity (Wildman–Crippen MR) is 46.7 cm³/mol. The van der Waals surface area contributed by atoms with Gasteiger partial charge in [0.15, 0.2) is 0 Å². The van der Waals surface area contributed by atoms with Crippen LogP contribution in [0.1, 0.15) is 24.8 Å². The molecule has 4 N–H and O–H groups in total. The number of nitrogens with zero attached hydrogens (tertiary/aromatic N) is 2. The van der Waals surface area contributed by atoms with E-state index in [2.05, 4.69) is 10.1 Å². The number of aromatic nitrogens is 2. The fraction of sp³-hybridized carbons (Fsp3) is 0.714. The lowest BCUT2D eigenvalue weighted by Crippen LogP contribution is -2.11. The minimum atomic E-state index is -0.250. The molecule has 6 nitrogen and oxygen atoms in total. The highest BCUT2D eigenvalue weighted by Crippen LogP contribution is 2.13. The second-order valence-electron chi connectivity index (χ2n) is 2.73. The minimum absolute atomic E-state index is 0.122. The van der Waals surface area contributed by atoms with Crippen LogP contribution in [-0.2, 0) is 4.74 Å². The summed E-state index contributed by atoms with van der Waals surface area (Å²) in [5.74, 6) is 0.505. The summed E-state index contributed by atoms with van der Waals surface area (Å²) in [6, 6.07) is -0.250. The maximum Gasteiger partial charge on any atom is 0.260 e. The zero-order valence-corrected chi connectivity index (χ0v) is 7.56. The smallest absolute Gasteiger partial charge is 0.260 e. The Bertz CT molecular complexity index is 250. The molecule has 0 aliphatic carbocycles. The summed E-state index contributed by atoms with van der Waals surface area (Å²) < 4.78 is 9.69. The lowest BCUT2D eigenvalue weighted by Gasteiger charge is -2.04. The van der Waals surface area contributed by atoms with Crippen LogP contribution in [0.15, 0.2) is 4.52 Å². The Morgan fingerprint density at radius 3 is 2.92 bits per heavy atom. The number of rotatable bonds is 5. The van der Waals surface area contributed by atoms with Crippen LogP contribution >= 0.6 is 0 Å². The number of nitrogen functional groups attached to an aromatic ring is 1. The normalized spacial score (nSPS) is 13.1. The first-order valence-electron chi connectivity index (χ1n) is 4.07. The molecular weight excluding hydrogens is 172 g/mol. The highest BCUT2D eigenvalue weighted by molar-refractivity contribution is 5.11. The molecule has 0 bridgehead atoms. The third-order valence-electron chi connectivity index (χ3n) is 1.64. The molecule has 0 spiro atoms. The first-order valence-corrected chi connectivity index (χ1v) is 4.07. The van der Waals surface area contributed by atoms with Crippen molar-refractivity contribution in [2.24, 2.45) is 5.73 Å². The quantitative estimate of drug-likeness (QED) is 0.631. The van der Waals surface area contributed by atoms with Gasteiger partial charge in [0.25, 0.3) is 5.95 Å². The molecule has 0 amide bonds. The van der Waals surface area contributed by atoms with Crippen molar-refractivity contribution >= 4 is 5.95 Å². The number of ether oxygens (including phenoxy) is 1. The van der Waals surface area contributed by atoms with Gasteiger partial charge in [-0.1, -0.05) is 0 Å². The summed E-state index contributed by atoms with van der Waals surface area (Å²) in [4.78, 5) is 3.82. The Balaban J connectivity index is 2.35. The van der Waals surface area contributed by atoms with Gasteiger partial charge in [0.2, 0.25) is 5.89 Å². The van der Waals surface area contributed by atoms with E-state index in [1.54, 1.807) is 7.11 Å². The molecule has 1 atom stereocenters. The van der Waals surface area contributed by atoms with Crippen molar-refractivity contribution in [3.8, 4) is 0 Å². The first kappa shape index (κ1) is 9.94. The van der Waals surface area contributed by atoms with Crippen LogP contribution in [0.4, 0.5) is 5.95 Å². The van der Waals surface area contributed by atoms with Gasteiger partial charge in [-0.25, -0.2) is 0 Å². The third-order valence-corrected chi connectivity index (χ3v) is 1.64. The molecule has 6 heteroatoms. The van der Waals surface area contributed by atoms with Gasteiger partial charge in [0.05, 0.1) is 6.04 Å². The molecule has 13 heavy (non-hydrogen) atoms. The maximum atomic E-state index is 5.74. The van der Waals surface area contributed by atoms with E-state index in [-0.39, 0.29) is 12.0 Å².